The molecule has 4 nitrogen and oxygen atoms in total. The Kier molecular flexibility index (Phi) is 5.52. The van der Waals surface area contributed by atoms with Gasteiger partial charge in [0.25, 0.3) is 5.91 Å². The first-order valence-corrected chi connectivity index (χ1v) is 7.62. The van der Waals surface area contributed by atoms with E-state index in [4.69, 9.17) is 4.74 Å². The third-order valence-corrected chi connectivity index (χ3v) is 3.82. The van der Waals surface area contributed by atoms with Gasteiger partial charge < -0.3 is 4.74 Å². The van der Waals surface area contributed by atoms with Crippen molar-refractivity contribution >= 4 is 44.0 Å². The van der Waals surface area contributed by atoms with Crippen molar-refractivity contribution in [2.45, 2.75) is 0 Å². The van der Waals surface area contributed by atoms with E-state index in [1.165, 1.54) is 0 Å². The lowest BCUT2D eigenvalue weighted by molar-refractivity contribution is 0.0955. The smallest absolute Gasteiger partial charge is 0.271 e. The summed E-state index contributed by atoms with van der Waals surface area (Å²) in [4.78, 5) is 11.8. The van der Waals surface area contributed by atoms with Crippen LogP contribution in [0.4, 0.5) is 0 Å². The number of methoxy groups -OCH3 is 1. The van der Waals surface area contributed by atoms with E-state index < -0.39 is 0 Å². The van der Waals surface area contributed by atoms with Crippen LogP contribution in [0.3, 0.4) is 0 Å². The second-order valence-corrected chi connectivity index (χ2v) is 5.79. The highest BCUT2D eigenvalue weighted by atomic mass is 79.9. The van der Waals surface area contributed by atoms with Crippen molar-refractivity contribution in [3.05, 3.63) is 62.5 Å². The molecule has 0 aromatic heterocycles. The maximum atomic E-state index is 11.8. The van der Waals surface area contributed by atoms with Gasteiger partial charge in [-0.3, -0.25) is 4.79 Å². The fraction of sp³-hybridized carbons (Fsp3) is 0.0667. The van der Waals surface area contributed by atoms with E-state index in [0.29, 0.717) is 11.3 Å². The lowest BCUT2D eigenvalue weighted by Gasteiger charge is -2.06. The Balaban J connectivity index is 2.07. The summed E-state index contributed by atoms with van der Waals surface area (Å²) in [5.74, 6) is 0.457. The molecule has 2 rings (SSSR count). The molecule has 21 heavy (non-hydrogen) atoms. The summed E-state index contributed by atoms with van der Waals surface area (Å²) in [6.45, 7) is 0. The number of hydrogen-bond donors (Lipinski definition) is 1. The number of benzene rings is 2. The average Bonchev–Trinajstić information content (AvgIpc) is 2.48. The number of rotatable bonds is 4. The molecule has 1 N–H and O–H groups in total. The second-order valence-electron chi connectivity index (χ2n) is 4.08. The lowest BCUT2D eigenvalue weighted by Crippen LogP contribution is -2.17. The van der Waals surface area contributed by atoms with Crippen LogP contribution in [0.25, 0.3) is 0 Å². The van der Waals surface area contributed by atoms with Crippen molar-refractivity contribution in [1.82, 2.24) is 5.43 Å². The normalized spacial score (nSPS) is 10.6. The number of halogens is 2. The summed E-state index contributed by atoms with van der Waals surface area (Å²) >= 11 is 6.82. The lowest BCUT2D eigenvalue weighted by atomic mass is 10.2. The predicted molar refractivity (Wildman–Crippen MR) is 89.9 cm³/mol. The minimum atomic E-state index is -0.251. The Bertz CT molecular complexity index is 650. The average molecular weight is 412 g/mol. The molecule has 0 aliphatic carbocycles. The molecule has 1 amide bonds. The first-order chi connectivity index (χ1) is 10.1. The number of carbonyl (C=O) groups excluding carboxylic acids is 1. The molecule has 2 aromatic rings. The van der Waals surface area contributed by atoms with Crippen molar-refractivity contribution < 1.29 is 9.53 Å². The first kappa shape index (κ1) is 15.7. The summed E-state index contributed by atoms with van der Waals surface area (Å²) in [7, 11) is 1.60. The van der Waals surface area contributed by atoms with E-state index in [1.54, 1.807) is 37.6 Å². The Morgan fingerprint density at radius 1 is 1.19 bits per heavy atom. The van der Waals surface area contributed by atoms with E-state index in [0.717, 1.165) is 14.5 Å². The molecule has 0 spiro atoms. The predicted octanol–water partition coefficient (Wildman–Crippen LogP) is 3.98. The van der Waals surface area contributed by atoms with Gasteiger partial charge in [-0.1, -0.05) is 18.2 Å². The summed E-state index contributed by atoms with van der Waals surface area (Å²) in [5.41, 5.74) is 3.87. The van der Waals surface area contributed by atoms with Gasteiger partial charge >= 0.3 is 0 Å². The maximum absolute atomic E-state index is 11.8. The van der Waals surface area contributed by atoms with Gasteiger partial charge in [-0.15, -0.1) is 0 Å². The van der Waals surface area contributed by atoms with Crippen LogP contribution < -0.4 is 10.2 Å². The number of carbonyl (C=O) groups is 1. The zero-order chi connectivity index (χ0) is 15.2. The van der Waals surface area contributed by atoms with Crippen molar-refractivity contribution in [2.24, 2.45) is 5.10 Å². The van der Waals surface area contributed by atoms with Crippen molar-refractivity contribution in [3.63, 3.8) is 0 Å². The zero-order valence-electron chi connectivity index (χ0n) is 11.1. The molecule has 0 fully saturated rings. The van der Waals surface area contributed by atoms with Gasteiger partial charge in [-0.2, -0.15) is 5.10 Å². The molecule has 0 bridgehead atoms. The SMILES string of the molecule is COc1c(Br)cc(/C=N\NC(=O)c2ccccc2)cc1Br. The monoisotopic (exact) mass is 410 g/mol. The van der Waals surface area contributed by atoms with E-state index in [9.17, 15) is 4.79 Å². The van der Waals surface area contributed by atoms with Crippen LogP contribution in [0.15, 0.2) is 56.5 Å². The first-order valence-electron chi connectivity index (χ1n) is 6.03. The Hall–Kier alpha value is -1.66. The fourth-order valence-corrected chi connectivity index (χ4v) is 3.21. The summed E-state index contributed by atoms with van der Waals surface area (Å²) in [5, 5.41) is 3.95. The highest BCUT2D eigenvalue weighted by Gasteiger charge is 2.07. The number of hydrogen-bond acceptors (Lipinski definition) is 3. The molecule has 0 aliphatic rings. The maximum Gasteiger partial charge on any atom is 0.271 e. The quantitative estimate of drug-likeness (QED) is 0.610. The van der Waals surface area contributed by atoms with Crippen LogP contribution in [0, 0.1) is 0 Å². The molecule has 0 radical (unpaired) electrons. The third kappa shape index (κ3) is 4.15. The summed E-state index contributed by atoms with van der Waals surface area (Å²) in [6.07, 6.45) is 1.57. The molecule has 2 aromatic carbocycles. The van der Waals surface area contributed by atoms with Gasteiger partial charge in [-0.05, 0) is 61.7 Å². The van der Waals surface area contributed by atoms with Crippen molar-refractivity contribution in [2.75, 3.05) is 7.11 Å². The van der Waals surface area contributed by atoms with Crippen LogP contribution in [0.1, 0.15) is 15.9 Å². The van der Waals surface area contributed by atoms with Gasteiger partial charge in [0.1, 0.15) is 5.75 Å². The number of nitrogens with zero attached hydrogens (tertiary/aromatic N) is 1. The molecule has 6 heteroatoms. The van der Waals surface area contributed by atoms with Gasteiger partial charge in [0, 0.05) is 5.56 Å². The minimum Gasteiger partial charge on any atom is -0.494 e. The number of amides is 1. The minimum absolute atomic E-state index is 0.251. The Morgan fingerprint density at radius 2 is 1.81 bits per heavy atom. The summed E-state index contributed by atoms with van der Waals surface area (Å²) < 4.78 is 6.83. The molecule has 0 saturated heterocycles. The number of ether oxygens (including phenoxy) is 1. The van der Waals surface area contributed by atoms with Gasteiger partial charge in [-0.25, -0.2) is 5.43 Å². The zero-order valence-corrected chi connectivity index (χ0v) is 14.3. The summed E-state index contributed by atoms with van der Waals surface area (Å²) in [6, 6.07) is 12.6. The van der Waals surface area contributed by atoms with Crippen molar-refractivity contribution in [3.8, 4) is 5.75 Å². The van der Waals surface area contributed by atoms with E-state index in [-0.39, 0.29) is 5.91 Å². The fourth-order valence-electron chi connectivity index (χ4n) is 1.67. The van der Waals surface area contributed by atoms with Gasteiger partial charge in [0.2, 0.25) is 0 Å². The van der Waals surface area contributed by atoms with E-state index >= 15 is 0 Å². The second kappa shape index (κ2) is 7.38. The topological polar surface area (TPSA) is 50.7 Å². The molecule has 0 heterocycles. The number of hydrazone groups is 1. The Labute approximate surface area is 139 Å². The van der Waals surface area contributed by atoms with Gasteiger partial charge in [0.05, 0.1) is 22.3 Å². The van der Waals surface area contributed by atoms with Crippen LogP contribution in [0.2, 0.25) is 0 Å². The third-order valence-electron chi connectivity index (χ3n) is 2.64. The van der Waals surface area contributed by atoms with E-state index in [2.05, 4.69) is 42.4 Å². The highest BCUT2D eigenvalue weighted by molar-refractivity contribution is 9.11. The molecule has 0 saturated carbocycles. The molecule has 0 aliphatic heterocycles. The van der Waals surface area contributed by atoms with Gasteiger partial charge in [0.15, 0.2) is 0 Å². The Morgan fingerprint density at radius 3 is 2.38 bits per heavy atom. The van der Waals surface area contributed by atoms with Crippen LogP contribution in [-0.2, 0) is 0 Å². The molecule has 0 atom stereocenters. The number of nitrogens with one attached hydrogen (secondary N) is 1. The molecule has 0 unspecified atom stereocenters. The molecular weight excluding hydrogens is 400 g/mol. The van der Waals surface area contributed by atoms with Crippen LogP contribution >= 0.6 is 31.9 Å². The molecule has 108 valence electrons. The van der Waals surface area contributed by atoms with Crippen LogP contribution in [0.5, 0.6) is 5.75 Å². The largest absolute Gasteiger partial charge is 0.494 e. The van der Waals surface area contributed by atoms with Crippen molar-refractivity contribution in [1.29, 1.82) is 0 Å². The highest BCUT2D eigenvalue weighted by Crippen LogP contribution is 2.33. The standard InChI is InChI=1S/C15H12Br2N2O2/c1-21-14-12(16)7-10(8-13(14)17)9-18-19-15(20)11-5-3-2-4-6-11/h2-9H,1H3,(H,19,20)/b18-9-. The van der Waals surface area contributed by atoms with Crippen LogP contribution in [-0.4, -0.2) is 19.2 Å². The molecular formula is C15H12Br2N2O2. The van der Waals surface area contributed by atoms with E-state index in [1.807, 2.05) is 18.2 Å².